The van der Waals surface area contributed by atoms with Gasteiger partial charge in [-0.15, -0.1) is 0 Å². The summed E-state index contributed by atoms with van der Waals surface area (Å²) in [7, 11) is 0. The molecule has 1 aliphatic rings. The van der Waals surface area contributed by atoms with Crippen LogP contribution in [0.4, 0.5) is 5.69 Å². The molecular weight excluding hydrogens is 234 g/mol. The highest BCUT2D eigenvalue weighted by molar-refractivity contribution is 6.11. The van der Waals surface area contributed by atoms with Gasteiger partial charge in [0.05, 0.1) is 11.4 Å². The van der Waals surface area contributed by atoms with Crippen LogP contribution in [0, 0.1) is 5.92 Å². The van der Waals surface area contributed by atoms with Gasteiger partial charge in [0, 0.05) is 5.56 Å². The second kappa shape index (κ2) is 4.32. The molecule has 2 aromatic carbocycles. The Bertz CT molecular complexity index is 631. The van der Waals surface area contributed by atoms with Crippen molar-refractivity contribution in [2.45, 2.75) is 19.4 Å². The van der Waals surface area contributed by atoms with Gasteiger partial charge in [-0.1, -0.05) is 62.4 Å². The molecule has 1 heterocycles. The first-order valence-electron chi connectivity index (χ1n) is 6.60. The molecule has 1 atom stereocenters. The van der Waals surface area contributed by atoms with Gasteiger partial charge in [-0.25, -0.2) is 4.99 Å². The van der Waals surface area contributed by atoms with Crippen LogP contribution in [-0.2, 0) is 5.60 Å². The van der Waals surface area contributed by atoms with Crippen molar-refractivity contribution in [3.8, 4) is 0 Å². The number of benzene rings is 2. The Hall–Kier alpha value is -1.93. The fourth-order valence-electron chi connectivity index (χ4n) is 2.69. The summed E-state index contributed by atoms with van der Waals surface area (Å²) >= 11 is 0. The van der Waals surface area contributed by atoms with Crippen molar-refractivity contribution in [2.75, 3.05) is 0 Å². The summed E-state index contributed by atoms with van der Waals surface area (Å²) in [4.78, 5) is 4.66. The molecule has 96 valence electrons. The van der Waals surface area contributed by atoms with E-state index in [2.05, 4.69) is 4.99 Å². The molecule has 0 amide bonds. The van der Waals surface area contributed by atoms with E-state index in [1.165, 1.54) is 0 Å². The molecule has 1 aliphatic heterocycles. The van der Waals surface area contributed by atoms with Crippen molar-refractivity contribution in [3.63, 3.8) is 0 Å². The van der Waals surface area contributed by atoms with Crippen molar-refractivity contribution in [1.82, 2.24) is 0 Å². The third-order valence-corrected chi connectivity index (χ3v) is 3.79. The minimum Gasteiger partial charge on any atom is -0.378 e. The van der Waals surface area contributed by atoms with E-state index in [0.717, 1.165) is 22.5 Å². The average Bonchev–Trinajstić information content (AvgIpc) is 2.75. The van der Waals surface area contributed by atoms with E-state index >= 15 is 0 Å². The zero-order valence-electron chi connectivity index (χ0n) is 11.2. The molecule has 0 aromatic heterocycles. The van der Waals surface area contributed by atoms with Gasteiger partial charge in [-0.3, -0.25) is 0 Å². The van der Waals surface area contributed by atoms with E-state index in [0.29, 0.717) is 0 Å². The molecule has 0 spiro atoms. The van der Waals surface area contributed by atoms with E-state index in [4.69, 9.17) is 0 Å². The highest BCUT2D eigenvalue weighted by Crippen LogP contribution is 2.44. The molecule has 1 N–H and O–H groups in total. The maximum absolute atomic E-state index is 11.2. The Morgan fingerprint density at radius 1 is 0.947 bits per heavy atom. The van der Waals surface area contributed by atoms with Gasteiger partial charge in [0.25, 0.3) is 0 Å². The van der Waals surface area contributed by atoms with Gasteiger partial charge in [-0.2, -0.15) is 0 Å². The highest BCUT2D eigenvalue weighted by Gasteiger charge is 2.44. The normalized spacial score (nSPS) is 21.4. The summed E-state index contributed by atoms with van der Waals surface area (Å²) < 4.78 is 0. The van der Waals surface area contributed by atoms with Crippen molar-refractivity contribution in [3.05, 3.63) is 65.7 Å². The lowest BCUT2D eigenvalue weighted by Gasteiger charge is -2.30. The minimum atomic E-state index is -1.00. The molecule has 3 rings (SSSR count). The van der Waals surface area contributed by atoms with Gasteiger partial charge in [0.2, 0.25) is 0 Å². The number of hydrogen-bond acceptors (Lipinski definition) is 2. The Kier molecular flexibility index (Phi) is 2.76. The quantitative estimate of drug-likeness (QED) is 0.868. The van der Waals surface area contributed by atoms with Crippen LogP contribution in [-0.4, -0.2) is 10.8 Å². The number of fused-ring (bicyclic) bond motifs is 1. The molecule has 0 saturated heterocycles. The number of rotatable bonds is 2. The molecule has 1 unspecified atom stereocenters. The van der Waals surface area contributed by atoms with Crippen LogP contribution < -0.4 is 0 Å². The molecule has 19 heavy (non-hydrogen) atoms. The van der Waals surface area contributed by atoms with Crippen LogP contribution in [0.15, 0.2) is 59.6 Å². The Morgan fingerprint density at radius 2 is 1.58 bits per heavy atom. The smallest absolute Gasteiger partial charge is 0.136 e. The van der Waals surface area contributed by atoms with Crippen LogP contribution >= 0.6 is 0 Å². The number of nitrogens with zero attached hydrogens (tertiary/aromatic N) is 1. The first-order valence-corrected chi connectivity index (χ1v) is 6.60. The van der Waals surface area contributed by atoms with Crippen molar-refractivity contribution >= 4 is 11.4 Å². The number of aliphatic imine (C=N–C) groups is 1. The average molecular weight is 251 g/mol. The van der Waals surface area contributed by atoms with Gasteiger partial charge < -0.3 is 5.11 Å². The fourth-order valence-corrected chi connectivity index (χ4v) is 2.69. The van der Waals surface area contributed by atoms with E-state index < -0.39 is 5.60 Å². The van der Waals surface area contributed by atoms with Gasteiger partial charge in [-0.05, 0) is 17.5 Å². The summed E-state index contributed by atoms with van der Waals surface area (Å²) in [5, 5.41) is 11.2. The topological polar surface area (TPSA) is 32.6 Å². The first kappa shape index (κ1) is 12.1. The summed E-state index contributed by atoms with van der Waals surface area (Å²) in [5.41, 5.74) is 2.51. The summed E-state index contributed by atoms with van der Waals surface area (Å²) in [6.45, 7) is 4.06. The molecule has 2 heteroatoms. The zero-order valence-corrected chi connectivity index (χ0v) is 11.2. The molecule has 2 aromatic rings. The number of para-hydroxylation sites is 1. The van der Waals surface area contributed by atoms with Crippen LogP contribution in [0.2, 0.25) is 0 Å². The van der Waals surface area contributed by atoms with Crippen molar-refractivity contribution in [1.29, 1.82) is 0 Å². The summed E-state index contributed by atoms with van der Waals surface area (Å²) in [5.74, 6) is 0.0649. The lowest BCUT2D eigenvalue weighted by atomic mass is 9.78. The molecule has 0 aliphatic carbocycles. The predicted octanol–water partition coefficient (Wildman–Crippen LogP) is 3.66. The van der Waals surface area contributed by atoms with E-state index in [1.54, 1.807) is 0 Å². The molecule has 2 nitrogen and oxygen atoms in total. The standard InChI is InChI=1S/C17H17NO/c1-12(2)17(19)14-10-6-7-11-15(14)18-16(17)13-8-4-3-5-9-13/h3-12,19H,1-2H3. The third-order valence-electron chi connectivity index (χ3n) is 3.79. The molecule has 0 bridgehead atoms. The van der Waals surface area contributed by atoms with E-state index in [-0.39, 0.29) is 5.92 Å². The summed E-state index contributed by atoms with van der Waals surface area (Å²) in [6.07, 6.45) is 0. The largest absolute Gasteiger partial charge is 0.378 e. The van der Waals surface area contributed by atoms with Gasteiger partial charge >= 0.3 is 0 Å². The Balaban J connectivity index is 2.21. The fraction of sp³-hybridized carbons (Fsp3) is 0.235. The SMILES string of the molecule is CC(C)C1(O)C(c2ccccc2)=Nc2ccccc21. The molecule has 0 saturated carbocycles. The summed E-state index contributed by atoms with van der Waals surface area (Å²) in [6, 6.07) is 17.7. The maximum Gasteiger partial charge on any atom is 0.136 e. The highest BCUT2D eigenvalue weighted by atomic mass is 16.3. The minimum absolute atomic E-state index is 0.0649. The van der Waals surface area contributed by atoms with Crippen LogP contribution in [0.3, 0.4) is 0 Å². The van der Waals surface area contributed by atoms with Crippen LogP contribution in [0.25, 0.3) is 0 Å². The Labute approximate surface area is 113 Å². The zero-order chi connectivity index (χ0) is 13.5. The van der Waals surface area contributed by atoms with Gasteiger partial charge in [0.1, 0.15) is 5.60 Å². The lowest BCUT2D eigenvalue weighted by molar-refractivity contribution is 0.0655. The third kappa shape index (κ3) is 1.71. The second-order valence-electron chi connectivity index (χ2n) is 5.26. The van der Waals surface area contributed by atoms with Crippen molar-refractivity contribution in [2.24, 2.45) is 10.9 Å². The Morgan fingerprint density at radius 3 is 2.26 bits per heavy atom. The molecule has 0 radical (unpaired) electrons. The number of aliphatic hydroxyl groups is 1. The molecule has 0 fully saturated rings. The monoisotopic (exact) mass is 251 g/mol. The van der Waals surface area contributed by atoms with E-state index in [9.17, 15) is 5.11 Å². The first-order chi connectivity index (χ1) is 9.14. The molecular formula is C17H17NO. The lowest BCUT2D eigenvalue weighted by Crippen LogP contribution is -2.38. The van der Waals surface area contributed by atoms with E-state index in [1.807, 2.05) is 68.4 Å². The van der Waals surface area contributed by atoms with Crippen LogP contribution in [0.5, 0.6) is 0 Å². The predicted molar refractivity (Wildman–Crippen MR) is 77.8 cm³/mol. The van der Waals surface area contributed by atoms with Crippen molar-refractivity contribution < 1.29 is 5.11 Å². The van der Waals surface area contributed by atoms with Crippen LogP contribution in [0.1, 0.15) is 25.0 Å². The maximum atomic E-state index is 11.2. The second-order valence-corrected chi connectivity index (χ2v) is 5.26. The van der Waals surface area contributed by atoms with Gasteiger partial charge in [0.15, 0.2) is 0 Å². The number of hydrogen-bond donors (Lipinski definition) is 1.